The monoisotopic (exact) mass is 231 g/mol. The van der Waals surface area contributed by atoms with Crippen LogP contribution in [0.4, 0.5) is 0 Å². The summed E-state index contributed by atoms with van der Waals surface area (Å²) >= 11 is 0. The highest BCUT2D eigenvalue weighted by Crippen LogP contribution is 2.55. The number of benzene rings is 2. The Kier molecular flexibility index (Phi) is 1.91. The molecular weight excluding hydrogens is 218 g/mol. The van der Waals surface area contributed by atoms with Crippen LogP contribution < -0.4 is 0 Å². The molecule has 2 aromatic carbocycles. The van der Waals surface area contributed by atoms with E-state index in [1.807, 2.05) is 12.1 Å². The molecule has 0 aliphatic heterocycles. The van der Waals surface area contributed by atoms with E-state index in [1.54, 1.807) is 0 Å². The van der Waals surface area contributed by atoms with Crippen molar-refractivity contribution in [1.29, 1.82) is 5.26 Å². The van der Waals surface area contributed by atoms with Crippen molar-refractivity contribution >= 4 is 0 Å². The van der Waals surface area contributed by atoms with Gasteiger partial charge in [-0.2, -0.15) is 5.26 Å². The van der Waals surface area contributed by atoms with E-state index in [0.717, 1.165) is 11.5 Å². The zero-order valence-electron chi connectivity index (χ0n) is 10.1. The van der Waals surface area contributed by atoms with Crippen LogP contribution in [0.15, 0.2) is 42.5 Å². The summed E-state index contributed by atoms with van der Waals surface area (Å²) in [5, 5.41) is 9.36. The first-order chi connectivity index (χ1) is 8.88. The van der Waals surface area contributed by atoms with Crippen molar-refractivity contribution in [3.8, 4) is 17.2 Å². The second-order valence-corrected chi connectivity index (χ2v) is 5.35. The van der Waals surface area contributed by atoms with Gasteiger partial charge in [0, 0.05) is 5.56 Å². The number of nitrogens with zero attached hydrogens (tertiary/aromatic N) is 1. The summed E-state index contributed by atoms with van der Waals surface area (Å²) in [6.45, 7) is 0. The van der Waals surface area contributed by atoms with E-state index in [1.165, 1.54) is 35.1 Å². The van der Waals surface area contributed by atoms with Gasteiger partial charge in [0.05, 0.1) is 11.6 Å². The zero-order valence-corrected chi connectivity index (χ0v) is 10.1. The molecule has 0 saturated heterocycles. The second-order valence-electron chi connectivity index (χ2n) is 5.35. The minimum Gasteiger partial charge on any atom is -0.192 e. The molecule has 1 heteroatoms. The van der Waals surface area contributed by atoms with Gasteiger partial charge in [-0.3, -0.25) is 0 Å². The Hall–Kier alpha value is -2.07. The normalized spacial score (nSPS) is 23.1. The van der Waals surface area contributed by atoms with Crippen LogP contribution in [0.5, 0.6) is 0 Å². The summed E-state index contributed by atoms with van der Waals surface area (Å²) in [4.78, 5) is 0. The lowest BCUT2D eigenvalue weighted by Gasteiger charge is -2.12. The minimum atomic E-state index is 0.681. The van der Waals surface area contributed by atoms with Crippen LogP contribution in [0.1, 0.15) is 29.0 Å². The van der Waals surface area contributed by atoms with Gasteiger partial charge in [0.15, 0.2) is 0 Å². The maximum Gasteiger partial charge on any atom is 0.0998 e. The van der Waals surface area contributed by atoms with Crippen LogP contribution in [0, 0.1) is 17.2 Å². The first-order valence-corrected chi connectivity index (χ1v) is 6.50. The van der Waals surface area contributed by atoms with E-state index < -0.39 is 0 Å². The molecule has 2 aromatic rings. The van der Waals surface area contributed by atoms with Crippen molar-refractivity contribution in [2.45, 2.75) is 18.8 Å². The lowest BCUT2D eigenvalue weighted by atomic mass is 9.91. The maximum atomic E-state index is 9.36. The lowest BCUT2D eigenvalue weighted by Crippen LogP contribution is -1.93. The fourth-order valence-electron chi connectivity index (χ4n) is 3.35. The molecule has 2 aliphatic carbocycles. The molecule has 0 N–H and O–H groups in total. The van der Waals surface area contributed by atoms with E-state index in [2.05, 4.69) is 36.4 Å². The Bertz CT molecular complexity index is 678. The van der Waals surface area contributed by atoms with Crippen molar-refractivity contribution in [3.05, 3.63) is 59.2 Å². The Morgan fingerprint density at radius 3 is 2.83 bits per heavy atom. The van der Waals surface area contributed by atoms with Gasteiger partial charge in [0.2, 0.25) is 0 Å². The first kappa shape index (κ1) is 9.91. The predicted octanol–water partition coefficient (Wildman–Crippen LogP) is 3.88. The molecule has 0 heterocycles. The summed E-state index contributed by atoms with van der Waals surface area (Å²) < 4.78 is 0. The molecule has 1 saturated carbocycles. The summed E-state index contributed by atoms with van der Waals surface area (Å²) in [6, 6.07) is 17.1. The van der Waals surface area contributed by atoms with Gasteiger partial charge < -0.3 is 0 Å². The second kappa shape index (κ2) is 3.46. The zero-order chi connectivity index (χ0) is 12.1. The molecule has 86 valence electrons. The van der Waals surface area contributed by atoms with E-state index >= 15 is 0 Å². The van der Waals surface area contributed by atoms with E-state index in [0.29, 0.717) is 5.92 Å². The summed E-state index contributed by atoms with van der Waals surface area (Å²) in [5.41, 5.74) is 6.10. The topological polar surface area (TPSA) is 23.8 Å². The third-order valence-corrected chi connectivity index (χ3v) is 4.31. The van der Waals surface area contributed by atoms with Gasteiger partial charge in [0.25, 0.3) is 0 Å². The average Bonchev–Trinajstić information content (AvgIpc) is 3.17. The molecular formula is C17H13N. The predicted molar refractivity (Wildman–Crippen MR) is 71.1 cm³/mol. The largest absolute Gasteiger partial charge is 0.192 e. The highest BCUT2D eigenvalue weighted by molar-refractivity contribution is 5.78. The highest BCUT2D eigenvalue weighted by Gasteiger charge is 2.42. The fourth-order valence-corrected chi connectivity index (χ4v) is 3.35. The lowest BCUT2D eigenvalue weighted by molar-refractivity contribution is 0.805. The van der Waals surface area contributed by atoms with Crippen molar-refractivity contribution in [2.24, 2.45) is 5.92 Å². The minimum absolute atomic E-state index is 0.681. The van der Waals surface area contributed by atoms with Crippen LogP contribution in [-0.2, 0) is 6.42 Å². The smallest absolute Gasteiger partial charge is 0.0998 e. The molecule has 0 spiro atoms. The molecule has 2 unspecified atom stereocenters. The van der Waals surface area contributed by atoms with Crippen LogP contribution in [0.3, 0.4) is 0 Å². The number of nitriles is 1. The molecule has 0 radical (unpaired) electrons. The Labute approximate surface area is 107 Å². The van der Waals surface area contributed by atoms with Gasteiger partial charge in [-0.15, -0.1) is 0 Å². The standard InChI is InChI=1S/C17H13N/c18-10-12-5-3-7-15-16-9-13(16)8-11-4-1-2-6-14(11)17(12)15/h1-7,13,16H,8-9H2. The summed E-state index contributed by atoms with van der Waals surface area (Å²) in [7, 11) is 0. The van der Waals surface area contributed by atoms with Gasteiger partial charge >= 0.3 is 0 Å². The average molecular weight is 231 g/mol. The van der Waals surface area contributed by atoms with Crippen LogP contribution >= 0.6 is 0 Å². The van der Waals surface area contributed by atoms with Gasteiger partial charge in [-0.05, 0) is 47.4 Å². The molecule has 1 fully saturated rings. The third-order valence-electron chi connectivity index (χ3n) is 4.31. The van der Waals surface area contributed by atoms with Crippen molar-refractivity contribution in [3.63, 3.8) is 0 Å². The number of hydrogen-bond acceptors (Lipinski definition) is 1. The van der Waals surface area contributed by atoms with E-state index in [4.69, 9.17) is 0 Å². The van der Waals surface area contributed by atoms with E-state index in [-0.39, 0.29) is 0 Å². The summed E-state index contributed by atoms with van der Waals surface area (Å²) in [6.07, 6.45) is 2.45. The molecule has 2 aliphatic rings. The fraction of sp³-hybridized carbons (Fsp3) is 0.235. The van der Waals surface area contributed by atoms with Gasteiger partial charge in [-0.1, -0.05) is 36.4 Å². The molecule has 0 bridgehead atoms. The third kappa shape index (κ3) is 1.26. The van der Waals surface area contributed by atoms with Crippen molar-refractivity contribution < 1.29 is 0 Å². The molecule has 2 atom stereocenters. The van der Waals surface area contributed by atoms with Gasteiger partial charge in [0.1, 0.15) is 0 Å². The maximum absolute atomic E-state index is 9.36. The first-order valence-electron chi connectivity index (χ1n) is 6.50. The van der Waals surface area contributed by atoms with Crippen LogP contribution in [-0.4, -0.2) is 0 Å². The molecule has 4 rings (SSSR count). The van der Waals surface area contributed by atoms with Gasteiger partial charge in [-0.25, -0.2) is 0 Å². The number of hydrogen-bond donors (Lipinski definition) is 0. The quantitative estimate of drug-likeness (QED) is 0.675. The summed E-state index contributed by atoms with van der Waals surface area (Å²) in [5.74, 6) is 1.47. The SMILES string of the molecule is N#Cc1cccc2c1-c1ccccc1CC1CC21. The number of rotatable bonds is 0. The Balaban J connectivity index is 2.09. The van der Waals surface area contributed by atoms with Crippen LogP contribution in [0.25, 0.3) is 11.1 Å². The van der Waals surface area contributed by atoms with Crippen LogP contribution in [0.2, 0.25) is 0 Å². The molecule has 1 nitrogen and oxygen atoms in total. The highest BCUT2D eigenvalue weighted by atomic mass is 14.5. The van der Waals surface area contributed by atoms with E-state index in [9.17, 15) is 5.26 Å². The molecule has 18 heavy (non-hydrogen) atoms. The molecule has 0 amide bonds. The molecule has 0 aromatic heterocycles. The Morgan fingerprint density at radius 1 is 1.06 bits per heavy atom. The van der Waals surface area contributed by atoms with Crippen molar-refractivity contribution in [1.82, 2.24) is 0 Å². The number of fused-ring (bicyclic) bond motifs is 5. The van der Waals surface area contributed by atoms with Crippen molar-refractivity contribution in [2.75, 3.05) is 0 Å². The Morgan fingerprint density at radius 2 is 1.94 bits per heavy atom.